The second-order valence-corrected chi connectivity index (χ2v) is 11.4. The van der Waals surface area contributed by atoms with Crippen molar-refractivity contribution >= 4 is 32.7 Å². The van der Waals surface area contributed by atoms with Crippen molar-refractivity contribution in [1.82, 2.24) is 10.2 Å². The number of carbonyl (C=O) groups excluding carboxylic acids is 2. The summed E-state index contributed by atoms with van der Waals surface area (Å²) in [4.78, 5) is 24.1. The molecule has 0 N–H and O–H groups in total. The van der Waals surface area contributed by atoms with Crippen LogP contribution in [0.5, 0.6) is 0 Å². The normalized spacial score (nSPS) is 33.6. The first kappa shape index (κ1) is 17.3. The largest absolute Gasteiger partial charge is 0.300 e. The fourth-order valence-electron chi connectivity index (χ4n) is 5.49. The summed E-state index contributed by atoms with van der Waals surface area (Å²) in [5.74, 6) is 1.10. The first-order valence-corrected chi connectivity index (χ1v) is 11.3. The quantitative estimate of drug-likeness (QED) is 0.749. The van der Waals surface area contributed by atoms with Crippen molar-refractivity contribution < 1.29 is 18.0 Å². The van der Waals surface area contributed by atoms with Crippen molar-refractivity contribution in [2.24, 2.45) is 23.2 Å². The van der Waals surface area contributed by atoms with Gasteiger partial charge in [-0.3, -0.25) is 9.59 Å². The number of carbonyl (C=O) groups is 2. The monoisotopic (exact) mass is 382 g/mol. The Morgan fingerprint density at radius 1 is 1.08 bits per heavy atom. The van der Waals surface area contributed by atoms with E-state index in [1.807, 2.05) is 0 Å². The van der Waals surface area contributed by atoms with Gasteiger partial charge in [0.05, 0.1) is 6.42 Å². The molecular weight excluding hydrogens is 360 g/mol. The summed E-state index contributed by atoms with van der Waals surface area (Å²) in [6.45, 7) is 1.42. The molecule has 25 heavy (non-hydrogen) atoms. The van der Waals surface area contributed by atoms with E-state index in [4.69, 9.17) is 0 Å². The Bertz CT molecular complexity index is 792. The van der Waals surface area contributed by atoms with Gasteiger partial charge >= 0.3 is 0 Å². The van der Waals surface area contributed by atoms with Crippen LogP contribution in [-0.2, 0) is 25.8 Å². The van der Waals surface area contributed by atoms with Gasteiger partial charge in [0.1, 0.15) is 16.5 Å². The van der Waals surface area contributed by atoms with E-state index in [2.05, 4.69) is 10.2 Å². The maximum atomic E-state index is 13.0. The van der Waals surface area contributed by atoms with Crippen LogP contribution in [-0.4, -0.2) is 35.9 Å². The Labute approximate surface area is 151 Å². The van der Waals surface area contributed by atoms with Crippen LogP contribution in [0.25, 0.3) is 0 Å². The molecule has 8 heteroatoms. The van der Waals surface area contributed by atoms with E-state index >= 15 is 0 Å². The Balaban J connectivity index is 1.52. The number of ketones is 2. The first-order chi connectivity index (χ1) is 11.8. The molecule has 0 atom stereocenters. The molecule has 1 aromatic heterocycles. The minimum atomic E-state index is -3.78. The number of hydrogen-bond acceptors (Lipinski definition) is 7. The topological polar surface area (TPSA) is 94.1 Å². The van der Waals surface area contributed by atoms with Crippen molar-refractivity contribution in [3.8, 4) is 0 Å². The zero-order valence-electron chi connectivity index (χ0n) is 14.2. The predicted octanol–water partition coefficient (Wildman–Crippen LogP) is 2.23. The summed E-state index contributed by atoms with van der Waals surface area (Å²) in [6.07, 6.45) is 6.30. The predicted molar refractivity (Wildman–Crippen MR) is 92.0 cm³/mol. The zero-order valence-corrected chi connectivity index (χ0v) is 15.9. The minimum Gasteiger partial charge on any atom is -0.300 e. The summed E-state index contributed by atoms with van der Waals surface area (Å²) in [5.41, 5.74) is -0.422. The first-order valence-electron chi connectivity index (χ1n) is 8.84. The molecular formula is C17H22N2O4S2. The van der Waals surface area contributed by atoms with Crippen molar-refractivity contribution in [3.63, 3.8) is 0 Å². The molecule has 0 aromatic carbocycles. The van der Waals surface area contributed by atoms with Crippen LogP contribution in [0, 0.1) is 23.2 Å². The zero-order chi connectivity index (χ0) is 17.8. The summed E-state index contributed by atoms with van der Waals surface area (Å²) >= 11 is 0.904. The molecule has 1 heterocycles. The van der Waals surface area contributed by atoms with E-state index in [0.717, 1.165) is 30.6 Å². The van der Waals surface area contributed by atoms with Crippen LogP contribution >= 0.6 is 11.3 Å². The molecule has 4 saturated carbocycles. The second kappa shape index (κ2) is 5.94. The fraction of sp³-hybridized carbons (Fsp3) is 0.765. The number of sulfone groups is 1. The van der Waals surface area contributed by atoms with Gasteiger partial charge in [-0.05, 0) is 63.2 Å². The average Bonchev–Trinajstić information content (AvgIpc) is 2.94. The van der Waals surface area contributed by atoms with Crippen molar-refractivity contribution in [1.29, 1.82) is 0 Å². The molecule has 4 bridgehead atoms. The Kier molecular flexibility index (Phi) is 4.11. The third-order valence-corrected chi connectivity index (χ3v) is 9.05. The molecule has 0 radical (unpaired) electrons. The maximum Gasteiger partial charge on any atom is 0.233 e. The summed E-state index contributed by atoms with van der Waals surface area (Å²) in [6, 6.07) is 0. The highest BCUT2D eigenvalue weighted by atomic mass is 32.2. The van der Waals surface area contributed by atoms with Gasteiger partial charge in [-0.1, -0.05) is 11.3 Å². The second-order valence-electron chi connectivity index (χ2n) is 8.22. The molecule has 0 aliphatic heterocycles. The van der Waals surface area contributed by atoms with Gasteiger partial charge in [0.15, 0.2) is 5.78 Å². The lowest BCUT2D eigenvalue weighted by molar-refractivity contribution is -0.141. The Hall–Kier alpha value is -1.15. The Morgan fingerprint density at radius 3 is 2.16 bits per heavy atom. The van der Waals surface area contributed by atoms with Crippen LogP contribution in [0.3, 0.4) is 0 Å². The molecule has 5 rings (SSSR count). The van der Waals surface area contributed by atoms with E-state index in [9.17, 15) is 18.0 Å². The third kappa shape index (κ3) is 3.18. The molecule has 6 nitrogen and oxygen atoms in total. The van der Waals surface area contributed by atoms with Gasteiger partial charge in [0, 0.05) is 5.41 Å². The van der Waals surface area contributed by atoms with E-state index in [-0.39, 0.29) is 22.3 Å². The van der Waals surface area contributed by atoms with Gasteiger partial charge in [0.2, 0.25) is 14.2 Å². The number of rotatable bonds is 6. The molecule has 0 amide bonds. The van der Waals surface area contributed by atoms with Crippen molar-refractivity contribution in [2.75, 3.05) is 5.75 Å². The van der Waals surface area contributed by atoms with E-state index in [1.165, 1.54) is 26.2 Å². The van der Waals surface area contributed by atoms with Gasteiger partial charge in [-0.15, -0.1) is 10.2 Å². The fourth-order valence-corrected chi connectivity index (χ4v) is 8.04. The van der Waals surface area contributed by atoms with Crippen LogP contribution in [0.1, 0.15) is 50.5 Å². The van der Waals surface area contributed by atoms with E-state index in [0.29, 0.717) is 22.8 Å². The lowest BCUT2D eigenvalue weighted by Crippen LogP contribution is -2.51. The smallest absolute Gasteiger partial charge is 0.233 e. The molecule has 4 aliphatic carbocycles. The van der Waals surface area contributed by atoms with Gasteiger partial charge in [-0.25, -0.2) is 8.42 Å². The van der Waals surface area contributed by atoms with Crippen LogP contribution in [0.15, 0.2) is 4.34 Å². The van der Waals surface area contributed by atoms with Crippen molar-refractivity contribution in [2.45, 2.75) is 56.2 Å². The van der Waals surface area contributed by atoms with Crippen LogP contribution in [0.2, 0.25) is 0 Å². The third-order valence-electron chi connectivity index (χ3n) is 6.07. The molecule has 0 unspecified atom stereocenters. The summed E-state index contributed by atoms with van der Waals surface area (Å²) in [7, 11) is -3.78. The SMILES string of the molecule is CC(=O)Cc1nnc(S(=O)(=O)CC(=O)C23CC4CC(CC(C4)C2)C3)s1. The van der Waals surface area contributed by atoms with Crippen molar-refractivity contribution in [3.05, 3.63) is 5.01 Å². The molecule has 4 fully saturated rings. The number of aromatic nitrogens is 2. The van der Waals surface area contributed by atoms with Gasteiger partial charge in [0.25, 0.3) is 0 Å². The summed E-state index contributed by atoms with van der Waals surface area (Å²) < 4.78 is 25.1. The maximum absolute atomic E-state index is 13.0. The molecule has 1 aromatic rings. The average molecular weight is 383 g/mol. The van der Waals surface area contributed by atoms with E-state index < -0.39 is 21.0 Å². The highest BCUT2D eigenvalue weighted by Crippen LogP contribution is 2.60. The lowest BCUT2D eigenvalue weighted by Gasteiger charge is -2.55. The highest BCUT2D eigenvalue weighted by molar-refractivity contribution is 7.94. The van der Waals surface area contributed by atoms with Crippen LogP contribution in [0.4, 0.5) is 0 Å². The molecule has 0 saturated heterocycles. The standard InChI is InChI=1S/C17H22N2O4S2/c1-10(20)2-15-18-19-16(24-15)25(22,23)9-14(21)17-6-11-3-12(7-17)5-13(4-11)8-17/h11-13H,2-9H2,1H3. The molecule has 0 spiro atoms. The number of Topliss-reactive ketones (excluding diaryl/α,β-unsaturated/α-hetero) is 2. The number of nitrogens with zero attached hydrogens (tertiary/aromatic N) is 2. The number of hydrogen-bond donors (Lipinski definition) is 0. The van der Waals surface area contributed by atoms with E-state index in [1.54, 1.807) is 0 Å². The van der Waals surface area contributed by atoms with Crippen LogP contribution < -0.4 is 0 Å². The van der Waals surface area contributed by atoms with Gasteiger partial charge in [-0.2, -0.15) is 0 Å². The molecule has 4 aliphatic rings. The summed E-state index contributed by atoms with van der Waals surface area (Å²) in [5, 5.41) is 7.88. The lowest BCUT2D eigenvalue weighted by atomic mass is 9.48. The van der Waals surface area contributed by atoms with Gasteiger partial charge < -0.3 is 0 Å². The molecule has 136 valence electrons. The Morgan fingerprint density at radius 2 is 1.64 bits per heavy atom. The highest BCUT2D eigenvalue weighted by Gasteiger charge is 2.54. The minimum absolute atomic E-state index is 0.0795.